The van der Waals surface area contributed by atoms with Crippen LogP contribution in [0.4, 0.5) is 0 Å². The highest BCUT2D eigenvalue weighted by atomic mass is 79.9. The molecule has 0 spiro atoms. The van der Waals surface area contributed by atoms with E-state index in [1.165, 1.54) is 0 Å². The first kappa shape index (κ1) is 14.8. The number of benzene rings is 2. The Hall–Kier alpha value is -1.16. The van der Waals surface area contributed by atoms with Gasteiger partial charge in [0.2, 0.25) is 0 Å². The van der Waals surface area contributed by atoms with Crippen LogP contribution in [-0.4, -0.2) is 9.97 Å². The summed E-state index contributed by atoms with van der Waals surface area (Å²) in [6.45, 7) is 2.01. The molecular formula is C16H11BrCl2N2. The quantitative estimate of drug-likeness (QED) is 0.504. The van der Waals surface area contributed by atoms with E-state index in [0.717, 1.165) is 22.5 Å². The molecule has 0 saturated carbocycles. The monoisotopic (exact) mass is 380 g/mol. The van der Waals surface area contributed by atoms with Gasteiger partial charge in [0, 0.05) is 5.56 Å². The molecule has 5 heteroatoms. The Balaban J connectivity index is 2.36. The molecule has 2 nitrogen and oxygen atoms in total. The topological polar surface area (TPSA) is 25.8 Å². The number of hydrogen-bond donors (Lipinski definition) is 0. The zero-order chi connectivity index (χ0) is 15.0. The molecule has 1 atom stereocenters. The summed E-state index contributed by atoms with van der Waals surface area (Å²) in [5.41, 5.74) is 3.93. The SMILES string of the molecule is CC(Br)c1nc2c(Cl)cccc2nc1-c1ccccc1Cl. The van der Waals surface area contributed by atoms with Crippen molar-refractivity contribution in [2.45, 2.75) is 11.8 Å². The van der Waals surface area contributed by atoms with Crippen LogP contribution in [0.15, 0.2) is 42.5 Å². The fourth-order valence-electron chi connectivity index (χ4n) is 2.18. The van der Waals surface area contributed by atoms with Crippen LogP contribution < -0.4 is 0 Å². The Bertz CT molecular complexity index is 818. The molecule has 0 aliphatic carbocycles. The highest BCUT2D eigenvalue weighted by Crippen LogP contribution is 2.35. The Labute approximate surface area is 141 Å². The molecule has 3 rings (SSSR count). The molecule has 0 aliphatic rings. The van der Waals surface area contributed by atoms with E-state index in [0.29, 0.717) is 15.6 Å². The van der Waals surface area contributed by atoms with Crippen LogP contribution >= 0.6 is 39.1 Å². The van der Waals surface area contributed by atoms with E-state index in [-0.39, 0.29) is 4.83 Å². The van der Waals surface area contributed by atoms with Gasteiger partial charge in [-0.05, 0) is 25.1 Å². The Morgan fingerprint density at radius 3 is 2.38 bits per heavy atom. The van der Waals surface area contributed by atoms with Crippen LogP contribution in [0.3, 0.4) is 0 Å². The number of rotatable bonds is 2. The smallest absolute Gasteiger partial charge is 0.108 e. The number of para-hydroxylation sites is 1. The molecular weight excluding hydrogens is 371 g/mol. The molecule has 0 aliphatic heterocycles. The predicted octanol–water partition coefficient (Wildman–Crippen LogP) is 6.06. The minimum Gasteiger partial charge on any atom is -0.246 e. The minimum atomic E-state index is 0.0388. The van der Waals surface area contributed by atoms with Crippen molar-refractivity contribution in [2.75, 3.05) is 0 Å². The number of halogens is 3. The van der Waals surface area contributed by atoms with Crippen molar-refractivity contribution in [2.24, 2.45) is 0 Å². The lowest BCUT2D eigenvalue weighted by molar-refractivity contribution is 1.03. The second kappa shape index (κ2) is 5.91. The van der Waals surface area contributed by atoms with Crippen LogP contribution in [0.1, 0.15) is 17.4 Å². The average molecular weight is 382 g/mol. The van der Waals surface area contributed by atoms with Gasteiger partial charge < -0.3 is 0 Å². The van der Waals surface area contributed by atoms with Gasteiger partial charge in [-0.3, -0.25) is 0 Å². The molecule has 2 aromatic carbocycles. The van der Waals surface area contributed by atoms with Gasteiger partial charge in [-0.2, -0.15) is 0 Å². The maximum atomic E-state index is 6.31. The fraction of sp³-hybridized carbons (Fsp3) is 0.125. The lowest BCUT2D eigenvalue weighted by atomic mass is 10.1. The Morgan fingerprint density at radius 2 is 1.67 bits per heavy atom. The summed E-state index contributed by atoms with van der Waals surface area (Å²) in [4.78, 5) is 9.46. The predicted molar refractivity (Wildman–Crippen MR) is 92.3 cm³/mol. The second-order valence-electron chi connectivity index (χ2n) is 4.66. The molecule has 106 valence electrons. The first-order valence-electron chi connectivity index (χ1n) is 6.43. The van der Waals surface area contributed by atoms with Gasteiger partial charge in [-0.25, -0.2) is 9.97 Å². The maximum Gasteiger partial charge on any atom is 0.108 e. The first-order valence-corrected chi connectivity index (χ1v) is 8.10. The van der Waals surface area contributed by atoms with Crippen LogP contribution in [0.25, 0.3) is 22.3 Å². The highest BCUT2D eigenvalue weighted by Gasteiger charge is 2.17. The maximum absolute atomic E-state index is 6.31. The lowest BCUT2D eigenvalue weighted by Gasteiger charge is -2.13. The third-order valence-electron chi connectivity index (χ3n) is 3.18. The first-order chi connectivity index (χ1) is 10.1. The third kappa shape index (κ3) is 2.78. The van der Waals surface area contributed by atoms with Crippen molar-refractivity contribution < 1.29 is 0 Å². The normalized spacial score (nSPS) is 12.6. The lowest BCUT2D eigenvalue weighted by Crippen LogP contribution is -2.00. The molecule has 0 radical (unpaired) electrons. The van der Waals surface area contributed by atoms with Gasteiger partial charge in [0.15, 0.2) is 0 Å². The number of fused-ring (bicyclic) bond motifs is 1. The van der Waals surface area contributed by atoms with Crippen LogP contribution in [0.5, 0.6) is 0 Å². The molecule has 1 aromatic heterocycles. The summed E-state index contributed by atoms with van der Waals surface area (Å²) in [7, 11) is 0. The van der Waals surface area contributed by atoms with Crippen molar-refractivity contribution in [3.05, 3.63) is 58.2 Å². The number of nitrogens with zero attached hydrogens (tertiary/aromatic N) is 2. The molecule has 0 amide bonds. The van der Waals surface area contributed by atoms with Crippen LogP contribution in [0, 0.1) is 0 Å². The van der Waals surface area contributed by atoms with Gasteiger partial charge in [-0.15, -0.1) is 0 Å². The number of aromatic nitrogens is 2. The molecule has 21 heavy (non-hydrogen) atoms. The molecule has 1 heterocycles. The van der Waals surface area contributed by atoms with E-state index >= 15 is 0 Å². The van der Waals surface area contributed by atoms with E-state index in [1.807, 2.05) is 49.4 Å². The van der Waals surface area contributed by atoms with E-state index in [1.54, 1.807) is 0 Å². The van der Waals surface area contributed by atoms with Crippen LogP contribution in [-0.2, 0) is 0 Å². The van der Waals surface area contributed by atoms with Crippen molar-refractivity contribution >= 4 is 50.2 Å². The zero-order valence-corrected chi connectivity index (χ0v) is 14.2. The molecule has 0 saturated heterocycles. The third-order valence-corrected chi connectivity index (χ3v) is 4.25. The van der Waals surface area contributed by atoms with E-state index in [2.05, 4.69) is 15.9 Å². The summed E-state index contributed by atoms with van der Waals surface area (Å²) in [5.74, 6) is 0. The van der Waals surface area contributed by atoms with Gasteiger partial charge in [0.25, 0.3) is 0 Å². The molecule has 1 unspecified atom stereocenters. The molecule has 0 bridgehead atoms. The van der Waals surface area contributed by atoms with Gasteiger partial charge in [0.1, 0.15) is 5.52 Å². The molecule has 0 N–H and O–H groups in total. The number of alkyl halides is 1. The standard InChI is InChI=1S/C16H11BrCl2N2/c1-9(17)14-15(10-5-2-3-6-11(10)18)20-13-8-4-7-12(19)16(13)21-14/h2-9H,1H3. The van der Waals surface area contributed by atoms with Gasteiger partial charge >= 0.3 is 0 Å². The summed E-state index contributed by atoms with van der Waals surface area (Å²) in [5, 5.41) is 1.25. The largest absolute Gasteiger partial charge is 0.246 e. The van der Waals surface area contributed by atoms with E-state index in [4.69, 9.17) is 33.2 Å². The molecule has 3 aromatic rings. The second-order valence-corrected chi connectivity index (χ2v) is 6.85. The highest BCUT2D eigenvalue weighted by molar-refractivity contribution is 9.09. The average Bonchev–Trinajstić information content (AvgIpc) is 2.47. The van der Waals surface area contributed by atoms with Gasteiger partial charge in [0.05, 0.1) is 31.8 Å². The van der Waals surface area contributed by atoms with Crippen molar-refractivity contribution in [1.29, 1.82) is 0 Å². The van der Waals surface area contributed by atoms with Crippen molar-refractivity contribution in [1.82, 2.24) is 9.97 Å². The summed E-state index contributed by atoms with van der Waals surface area (Å²) >= 11 is 16.1. The van der Waals surface area contributed by atoms with Crippen molar-refractivity contribution in [3.8, 4) is 11.3 Å². The van der Waals surface area contributed by atoms with E-state index < -0.39 is 0 Å². The Kier molecular flexibility index (Phi) is 4.16. The zero-order valence-electron chi connectivity index (χ0n) is 11.1. The summed E-state index contributed by atoms with van der Waals surface area (Å²) in [6.07, 6.45) is 0. The van der Waals surface area contributed by atoms with Crippen LogP contribution in [0.2, 0.25) is 10.0 Å². The molecule has 0 fully saturated rings. The Morgan fingerprint density at radius 1 is 0.952 bits per heavy atom. The number of hydrogen-bond acceptors (Lipinski definition) is 2. The van der Waals surface area contributed by atoms with Gasteiger partial charge in [-0.1, -0.05) is 63.4 Å². The minimum absolute atomic E-state index is 0.0388. The fourth-order valence-corrected chi connectivity index (χ4v) is 2.94. The summed E-state index contributed by atoms with van der Waals surface area (Å²) < 4.78 is 0. The summed E-state index contributed by atoms with van der Waals surface area (Å²) in [6, 6.07) is 13.2. The van der Waals surface area contributed by atoms with E-state index in [9.17, 15) is 0 Å². The van der Waals surface area contributed by atoms with Crippen molar-refractivity contribution in [3.63, 3.8) is 0 Å².